The fourth-order valence-electron chi connectivity index (χ4n) is 11.3. The number of hydrogen-bond donors (Lipinski definition) is 23. The number of aromatic amines is 2. The molecule has 2 aromatic heterocycles. The summed E-state index contributed by atoms with van der Waals surface area (Å²) in [7, 11) is 0. The number of nitrogens with zero attached hydrogens (tertiary/aromatic N) is 2. The summed E-state index contributed by atoms with van der Waals surface area (Å²) in [5, 5.41) is 81.8. The van der Waals surface area contributed by atoms with E-state index in [0.717, 1.165) is 20.8 Å². The Morgan fingerprint density at radius 2 is 0.900 bits per heavy atom. The fraction of sp³-hybridized carbons (Fsp3) is 0.614. The van der Waals surface area contributed by atoms with Crippen molar-refractivity contribution in [3.8, 4) is 0 Å². The van der Waals surface area contributed by atoms with E-state index in [4.69, 9.17) is 22.9 Å². The van der Waals surface area contributed by atoms with Crippen LogP contribution in [0.5, 0.6) is 0 Å². The van der Waals surface area contributed by atoms with Gasteiger partial charge in [0.25, 0.3) is 0 Å². The number of benzene rings is 1. The maximum absolute atomic E-state index is 14.8. The highest BCUT2D eigenvalue weighted by atomic mass is 16.4. The van der Waals surface area contributed by atoms with Gasteiger partial charge in [0.05, 0.1) is 43.5 Å². The third kappa shape index (κ3) is 30.6. The number of primary amides is 1. The van der Waals surface area contributed by atoms with Crippen LogP contribution in [0.15, 0.2) is 48.0 Å². The molecule has 1 aromatic carbocycles. The lowest BCUT2D eigenvalue weighted by atomic mass is 9.95. The molecule has 0 aliphatic rings. The van der Waals surface area contributed by atoms with Crippen LogP contribution in [0.4, 0.5) is 0 Å². The van der Waals surface area contributed by atoms with E-state index < -0.39 is 210 Å². The molecule has 3 aromatic rings. The first kappa shape index (κ1) is 93.3. The van der Waals surface area contributed by atoms with Gasteiger partial charge in [-0.2, -0.15) is 0 Å². The minimum atomic E-state index is -1.99. The summed E-state index contributed by atoms with van der Waals surface area (Å²) >= 11 is 0. The number of carboxylic acids is 2. The van der Waals surface area contributed by atoms with Gasteiger partial charge in [0.1, 0.15) is 72.5 Å². The van der Waals surface area contributed by atoms with Crippen LogP contribution in [-0.2, 0) is 84.8 Å². The molecule has 612 valence electrons. The highest BCUT2D eigenvalue weighted by molar-refractivity contribution is 6.01. The van der Waals surface area contributed by atoms with Gasteiger partial charge >= 0.3 is 11.9 Å². The van der Waals surface area contributed by atoms with Crippen LogP contribution in [0.3, 0.4) is 0 Å². The third-order valence-corrected chi connectivity index (χ3v) is 17.9. The minimum Gasteiger partial charge on any atom is -0.481 e. The van der Waals surface area contributed by atoms with E-state index in [9.17, 15) is 97.5 Å². The van der Waals surface area contributed by atoms with E-state index >= 15 is 0 Å². The summed E-state index contributed by atoms with van der Waals surface area (Å²) in [6.07, 6.45) is -3.02. The molecule has 2 heterocycles. The monoisotopic (exact) mass is 1550 g/mol. The fourth-order valence-corrected chi connectivity index (χ4v) is 11.3. The zero-order valence-electron chi connectivity index (χ0n) is 63.9. The summed E-state index contributed by atoms with van der Waals surface area (Å²) in [5.41, 5.74) is 24.0. The van der Waals surface area contributed by atoms with E-state index in [1.165, 1.54) is 19.4 Å². The SMILES string of the molecule is CC[C@H](C)[C@H](NC(=O)[C@H](Cc1c[nH]c2ccccc12)NC(=O)[C@@H](NC(=O)[C@H](CC(N)=O)NC(=O)[C@@H](NC(=O)[C@H](C)NC(=O)[C@@H](NC(=O)[C@H](CCCN=C(N)N)NC(=O)[C@H](CC(C)C)NC(=O)[C@@H](NC(=O)[C@@H](N)CC(C)C)[C@@H](C)O)[C@@H](C)O)[C@@H](C)O)[C@@H](C)CC)C(=O)N[C@@H](CC(=O)O)C(=O)N[C@@H](Cc1cnc[nH]1)C(=O)O. The van der Waals surface area contributed by atoms with E-state index in [2.05, 4.69) is 83.7 Å². The van der Waals surface area contributed by atoms with Crippen molar-refractivity contribution >= 4 is 106 Å². The first-order valence-electron chi connectivity index (χ1n) is 36.2. The number of guanidine groups is 1. The van der Waals surface area contributed by atoms with Gasteiger partial charge in [-0.1, -0.05) is 86.4 Å². The van der Waals surface area contributed by atoms with Crippen molar-refractivity contribution in [3.05, 3.63) is 54.2 Å². The Kier molecular flexibility index (Phi) is 38.3. The molecule has 40 nitrogen and oxygen atoms in total. The molecule has 3 rings (SSSR count). The van der Waals surface area contributed by atoms with E-state index in [1.807, 2.05) is 13.8 Å². The highest BCUT2D eigenvalue weighted by Crippen LogP contribution is 2.21. The molecule has 0 fully saturated rings. The van der Waals surface area contributed by atoms with Crippen LogP contribution >= 0.6 is 0 Å². The lowest BCUT2D eigenvalue weighted by Gasteiger charge is -2.30. The molecule has 0 spiro atoms. The number of carbonyl (C=O) groups is 15. The molecule has 110 heavy (non-hydrogen) atoms. The number of aliphatic hydroxyl groups excluding tert-OH is 3. The summed E-state index contributed by atoms with van der Waals surface area (Å²) in [6, 6.07) is -14.4. The van der Waals surface area contributed by atoms with Crippen LogP contribution in [-0.4, -0.2) is 239 Å². The summed E-state index contributed by atoms with van der Waals surface area (Å²) in [5.74, 6) is -19.2. The molecule has 13 amide bonds. The molecule has 27 N–H and O–H groups in total. The molecular formula is C70H112N20O20. The molecule has 40 heteroatoms. The average molecular weight is 1550 g/mol. The average Bonchev–Trinajstić information content (AvgIpc) is 1.63. The van der Waals surface area contributed by atoms with Crippen LogP contribution in [0, 0.1) is 23.7 Å². The van der Waals surface area contributed by atoms with Crippen molar-refractivity contribution in [2.24, 2.45) is 51.6 Å². The third-order valence-electron chi connectivity index (χ3n) is 17.9. The zero-order valence-corrected chi connectivity index (χ0v) is 63.9. The minimum absolute atomic E-state index is 0.00621. The Labute approximate surface area is 636 Å². The zero-order chi connectivity index (χ0) is 83.1. The number of aliphatic hydroxyl groups is 3. The molecule has 0 aliphatic heterocycles. The maximum atomic E-state index is 14.8. The second-order valence-corrected chi connectivity index (χ2v) is 28.3. The quantitative estimate of drug-likeness (QED) is 0.0143. The number of H-pyrrole nitrogens is 2. The summed E-state index contributed by atoms with van der Waals surface area (Å²) in [4.78, 5) is 219. The lowest BCUT2D eigenvalue weighted by molar-refractivity contribution is -0.144. The number of para-hydroxylation sites is 1. The number of carboxylic acid groups (broad SMARTS) is 2. The number of hydrogen-bond acceptors (Lipinski definition) is 21. The number of rotatable bonds is 48. The molecule has 18 atom stereocenters. The van der Waals surface area contributed by atoms with Crippen LogP contribution in [0.2, 0.25) is 0 Å². The van der Waals surface area contributed by atoms with Crippen molar-refractivity contribution in [1.29, 1.82) is 0 Å². The Balaban J connectivity index is 1.91. The molecule has 0 saturated heterocycles. The molecule has 0 aliphatic carbocycles. The molecule has 0 unspecified atom stereocenters. The van der Waals surface area contributed by atoms with Crippen molar-refractivity contribution < 1.29 is 97.5 Å². The Bertz CT molecular complexity index is 3670. The van der Waals surface area contributed by atoms with Gasteiger partial charge in [0.2, 0.25) is 76.8 Å². The number of carbonyl (C=O) groups excluding carboxylic acids is 13. The van der Waals surface area contributed by atoms with Crippen molar-refractivity contribution in [3.63, 3.8) is 0 Å². The standard InChI is InChI=1S/C70H112N20O20/c1-13-33(7)52(64(104)82-46(24-39-28-77-43-19-16-15-18-41(39)43)62(102)86-53(34(8)14-2)65(105)84-48(27-51(95)96)61(101)85-49(69(109)110)25-40-29-75-30-78-40)87-63(103)47(26-50(72)94)83-67(107)55(37(11)92)88-57(97)35(9)79-66(106)54(36(10)91)90-59(99)44(20-17-21-76-70(73)74)80-60(100)45(23-32(5)6)81-68(108)56(38(12)93)89-58(98)42(71)22-31(3)4/h15-16,18-19,28-38,42,44-49,52-56,77,91-93H,13-14,17,20-27,71H2,1-12H3,(H2,72,94)(H,75,78)(H,79,106)(H,80,100)(H,81,108)(H,82,104)(H,83,107)(H,84,105)(H,85,101)(H,86,102)(H,87,103)(H,88,97)(H,89,98)(H,90,99)(H,95,96)(H,109,110)(H4,73,74,76)/t33-,34-,35-,36+,37+,38+,42-,44-,45-,46-,47-,48-,49-,52-,53-,54-,55-,56-/m0/s1. The summed E-state index contributed by atoms with van der Waals surface area (Å²) < 4.78 is 0. The molecule has 0 radical (unpaired) electrons. The first-order chi connectivity index (χ1) is 51.5. The summed E-state index contributed by atoms with van der Waals surface area (Å²) in [6.45, 7) is 18.0. The second-order valence-electron chi connectivity index (χ2n) is 28.3. The van der Waals surface area contributed by atoms with E-state index in [0.29, 0.717) is 22.2 Å². The van der Waals surface area contributed by atoms with Crippen molar-refractivity contribution in [2.45, 2.75) is 244 Å². The number of aliphatic imine (C=N–C) groups is 1. The number of aromatic nitrogens is 3. The topological polar surface area (TPSA) is 662 Å². The van der Waals surface area contributed by atoms with Gasteiger partial charge in [0, 0.05) is 48.4 Å². The van der Waals surface area contributed by atoms with Gasteiger partial charge < -0.3 is 122 Å². The van der Waals surface area contributed by atoms with E-state index in [-0.39, 0.29) is 75.7 Å². The van der Waals surface area contributed by atoms with Gasteiger partial charge in [0.15, 0.2) is 5.96 Å². The van der Waals surface area contributed by atoms with Gasteiger partial charge in [-0.3, -0.25) is 72.1 Å². The predicted molar refractivity (Wildman–Crippen MR) is 398 cm³/mol. The number of amides is 13. The first-order valence-corrected chi connectivity index (χ1v) is 36.2. The normalized spacial score (nSPS) is 16.3. The Morgan fingerprint density at radius 3 is 1.38 bits per heavy atom. The number of aliphatic carboxylic acids is 2. The van der Waals surface area contributed by atoms with Crippen LogP contribution in [0.25, 0.3) is 10.9 Å². The molecular weight excluding hydrogens is 1440 g/mol. The molecule has 0 saturated carbocycles. The molecule has 0 bridgehead atoms. The highest BCUT2D eigenvalue weighted by Gasteiger charge is 2.41. The Morgan fingerprint density at radius 1 is 0.473 bits per heavy atom. The number of nitrogens with one attached hydrogen (secondary N) is 14. The number of imidazole rings is 1. The van der Waals surface area contributed by atoms with Crippen LogP contribution in [0.1, 0.15) is 146 Å². The van der Waals surface area contributed by atoms with Crippen molar-refractivity contribution in [1.82, 2.24) is 78.8 Å². The van der Waals surface area contributed by atoms with Crippen LogP contribution < -0.4 is 86.7 Å². The van der Waals surface area contributed by atoms with Crippen molar-refractivity contribution in [2.75, 3.05) is 6.54 Å². The second kappa shape index (κ2) is 45.2. The maximum Gasteiger partial charge on any atom is 0.326 e. The van der Waals surface area contributed by atoms with Gasteiger partial charge in [-0.25, -0.2) is 9.78 Å². The van der Waals surface area contributed by atoms with Gasteiger partial charge in [-0.05, 0) is 88.7 Å². The largest absolute Gasteiger partial charge is 0.481 e. The number of fused-ring (bicyclic) bond motifs is 1. The lowest BCUT2D eigenvalue weighted by Crippen LogP contribution is -2.63. The van der Waals surface area contributed by atoms with Gasteiger partial charge in [-0.15, -0.1) is 0 Å². The Hall–Kier alpha value is -10.9. The predicted octanol–water partition coefficient (Wildman–Crippen LogP) is -5.34. The smallest absolute Gasteiger partial charge is 0.326 e. The van der Waals surface area contributed by atoms with E-state index in [1.54, 1.807) is 72.0 Å². The number of nitrogens with two attached hydrogens (primary N) is 4.